The van der Waals surface area contributed by atoms with Gasteiger partial charge in [0.15, 0.2) is 5.78 Å². The maximum atomic E-state index is 12.2. The van der Waals surface area contributed by atoms with E-state index >= 15 is 0 Å². The molecule has 108 valence electrons. The summed E-state index contributed by atoms with van der Waals surface area (Å²) in [5.41, 5.74) is 6.62. The van der Waals surface area contributed by atoms with E-state index in [2.05, 4.69) is 12.2 Å². The molecule has 3 rings (SSSR count). The van der Waals surface area contributed by atoms with Gasteiger partial charge in [-0.1, -0.05) is 6.92 Å². The topological polar surface area (TPSA) is 81.4 Å². The van der Waals surface area contributed by atoms with Crippen LogP contribution in [0.5, 0.6) is 0 Å². The Morgan fingerprint density at radius 2 is 2.05 bits per heavy atom. The van der Waals surface area contributed by atoms with Crippen LogP contribution in [0.1, 0.15) is 46.2 Å². The fourth-order valence-corrected chi connectivity index (χ4v) is 3.44. The summed E-state index contributed by atoms with van der Waals surface area (Å²) >= 11 is 1.29. The number of anilines is 2. The molecule has 2 fully saturated rings. The minimum Gasteiger partial charge on any atom is -0.465 e. The Bertz CT molecular complexity index is 577. The molecule has 2 atom stereocenters. The number of carbonyl (C=O) groups excluding carboxylic acids is 2. The molecule has 0 radical (unpaired) electrons. The zero-order valence-electron chi connectivity index (χ0n) is 11.6. The van der Waals surface area contributed by atoms with Crippen molar-refractivity contribution >= 4 is 33.8 Å². The van der Waals surface area contributed by atoms with Crippen LogP contribution in [0.2, 0.25) is 0 Å². The molecule has 2 aliphatic carbocycles. The van der Waals surface area contributed by atoms with Gasteiger partial charge in [-0.15, -0.1) is 11.3 Å². The smallest absolute Gasteiger partial charge is 0.343 e. The van der Waals surface area contributed by atoms with E-state index in [1.165, 1.54) is 18.4 Å². The first-order valence-corrected chi connectivity index (χ1v) is 7.66. The van der Waals surface area contributed by atoms with Crippen molar-refractivity contribution in [1.82, 2.24) is 0 Å². The fraction of sp³-hybridized carbons (Fsp3) is 0.571. The molecule has 1 aromatic rings. The van der Waals surface area contributed by atoms with E-state index in [4.69, 9.17) is 10.5 Å². The first-order chi connectivity index (χ1) is 9.52. The van der Waals surface area contributed by atoms with Crippen LogP contribution in [0.15, 0.2) is 0 Å². The molecule has 0 saturated heterocycles. The highest BCUT2D eigenvalue weighted by molar-refractivity contribution is 7.19. The summed E-state index contributed by atoms with van der Waals surface area (Å²) in [7, 11) is 1.32. The number of carbonyl (C=O) groups is 2. The van der Waals surface area contributed by atoms with Gasteiger partial charge in [-0.05, 0) is 25.2 Å². The number of hydrogen-bond acceptors (Lipinski definition) is 6. The van der Waals surface area contributed by atoms with Crippen LogP contribution in [0.4, 0.5) is 10.7 Å². The normalized spacial score (nSPS) is 24.3. The second kappa shape index (κ2) is 4.77. The van der Waals surface area contributed by atoms with Crippen molar-refractivity contribution in [2.75, 3.05) is 18.2 Å². The van der Waals surface area contributed by atoms with Crippen LogP contribution in [-0.4, -0.2) is 24.9 Å². The molecule has 6 heteroatoms. The molecular weight excluding hydrogens is 276 g/mol. The highest BCUT2D eigenvalue weighted by atomic mass is 32.1. The van der Waals surface area contributed by atoms with Gasteiger partial charge in [0.05, 0.1) is 17.7 Å². The second-order valence-corrected chi connectivity index (χ2v) is 6.66. The minimum atomic E-state index is -0.482. The molecule has 0 aromatic carbocycles. The number of methoxy groups -OCH3 is 1. The van der Waals surface area contributed by atoms with Crippen molar-refractivity contribution in [1.29, 1.82) is 0 Å². The number of Topliss-reactive ketones (excluding diaryl/α,β-unsaturated/α-hetero) is 1. The van der Waals surface area contributed by atoms with Gasteiger partial charge in [0.2, 0.25) is 0 Å². The van der Waals surface area contributed by atoms with E-state index in [0.717, 1.165) is 19.3 Å². The lowest BCUT2D eigenvalue weighted by Gasteiger charge is -2.05. The SMILES string of the molecule is COC(=O)c1c(NC2CC2C)sc(C(=O)C2CC2)c1N. The standard InChI is InChI=1S/C14H18N2O3S/c1-6-5-8(6)16-13-9(14(18)19-2)10(15)12(20-13)11(17)7-3-4-7/h6-8,16H,3-5,15H2,1-2H3. The lowest BCUT2D eigenvalue weighted by molar-refractivity contribution is 0.0603. The summed E-state index contributed by atoms with van der Waals surface area (Å²) in [6, 6.07) is 0.361. The number of hydrogen-bond donors (Lipinski definition) is 2. The Kier molecular flexibility index (Phi) is 3.20. The number of ketones is 1. The summed E-state index contributed by atoms with van der Waals surface area (Å²) in [5.74, 6) is 0.263. The van der Waals surface area contributed by atoms with E-state index in [9.17, 15) is 9.59 Å². The van der Waals surface area contributed by atoms with Crippen molar-refractivity contribution < 1.29 is 14.3 Å². The van der Waals surface area contributed by atoms with Crippen LogP contribution in [0.25, 0.3) is 0 Å². The molecule has 0 bridgehead atoms. The van der Waals surface area contributed by atoms with E-state index in [0.29, 0.717) is 27.4 Å². The van der Waals surface area contributed by atoms with Gasteiger partial charge in [0.25, 0.3) is 0 Å². The van der Waals surface area contributed by atoms with E-state index in [-0.39, 0.29) is 17.4 Å². The van der Waals surface area contributed by atoms with Gasteiger partial charge < -0.3 is 15.8 Å². The van der Waals surface area contributed by atoms with E-state index in [1.54, 1.807) is 0 Å². The lowest BCUT2D eigenvalue weighted by Crippen LogP contribution is -2.10. The van der Waals surface area contributed by atoms with Crippen LogP contribution in [0, 0.1) is 11.8 Å². The maximum absolute atomic E-state index is 12.2. The van der Waals surface area contributed by atoms with Crippen LogP contribution < -0.4 is 11.1 Å². The molecular formula is C14H18N2O3S. The Labute approximate surface area is 121 Å². The van der Waals surface area contributed by atoms with Gasteiger partial charge in [-0.25, -0.2) is 4.79 Å². The third-order valence-electron chi connectivity index (χ3n) is 3.93. The number of thiophene rings is 1. The molecule has 1 aromatic heterocycles. The molecule has 1 heterocycles. The van der Waals surface area contributed by atoms with Crippen molar-refractivity contribution in [3.63, 3.8) is 0 Å². The molecule has 2 saturated carbocycles. The summed E-state index contributed by atoms with van der Waals surface area (Å²) in [6.07, 6.45) is 2.92. The number of nitrogen functional groups attached to an aromatic ring is 1. The predicted octanol–water partition coefficient (Wildman–Crippen LogP) is 2.53. The molecule has 20 heavy (non-hydrogen) atoms. The third kappa shape index (κ3) is 2.28. The average Bonchev–Trinajstić information content (AvgIpc) is 3.32. The van der Waals surface area contributed by atoms with Gasteiger partial charge in [0, 0.05) is 12.0 Å². The Morgan fingerprint density at radius 1 is 1.40 bits per heavy atom. The molecule has 0 aliphatic heterocycles. The Morgan fingerprint density at radius 3 is 2.55 bits per heavy atom. The van der Waals surface area contributed by atoms with Crippen LogP contribution in [0.3, 0.4) is 0 Å². The zero-order chi connectivity index (χ0) is 14.4. The highest BCUT2D eigenvalue weighted by Gasteiger charge is 2.38. The van der Waals surface area contributed by atoms with Gasteiger partial charge in [-0.2, -0.15) is 0 Å². The molecule has 0 spiro atoms. The van der Waals surface area contributed by atoms with Crippen molar-refractivity contribution in [2.45, 2.75) is 32.2 Å². The largest absolute Gasteiger partial charge is 0.465 e. The number of nitrogens with two attached hydrogens (primary N) is 1. The third-order valence-corrected chi connectivity index (χ3v) is 5.08. The first-order valence-electron chi connectivity index (χ1n) is 6.84. The number of rotatable bonds is 5. The molecule has 2 unspecified atom stereocenters. The quantitative estimate of drug-likeness (QED) is 0.644. The maximum Gasteiger partial charge on any atom is 0.343 e. The monoisotopic (exact) mass is 294 g/mol. The van der Waals surface area contributed by atoms with Gasteiger partial charge >= 0.3 is 5.97 Å². The van der Waals surface area contributed by atoms with E-state index < -0.39 is 5.97 Å². The fourth-order valence-electron chi connectivity index (χ4n) is 2.26. The number of nitrogens with one attached hydrogen (secondary N) is 1. The van der Waals surface area contributed by atoms with Gasteiger partial charge in [0.1, 0.15) is 10.6 Å². The summed E-state index contributed by atoms with van der Waals surface area (Å²) < 4.78 is 4.79. The summed E-state index contributed by atoms with van der Waals surface area (Å²) in [6.45, 7) is 2.14. The zero-order valence-corrected chi connectivity index (χ0v) is 12.4. The molecule has 5 nitrogen and oxygen atoms in total. The minimum absolute atomic E-state index is 0.0644. The first kappa shape index (κ1) is 13.4. The summed E-state index contributed by atoms with van der Waals surface area (Å²) in [4.78, 5) is 24.6. The number of esters is 1. The van der Waals surface area contributed by atoms with Crippen molar-refractivity contribution in [3.05, 3.63) is 10.4 Å². The molecule has 3 N–H and O–H groups in total. The van der Waals surface area contributed by atoms with Crippen molar-refractivity contribution in [2.24, 2.45) is 11.8 Å². The van der Waals surface area contributed by atoms with Crippen molar-refractivity contribution in [3.8, 4) is 0 Å². The predicted molar refractivity (Wildman–Crippen MR) is 78.3 cm³/mol. The Hall–Kier alpha value is -1.56. The molecule has 2 aliphatic rings. The van der Waals surface area contributed by atoms with Crippen LogP contribution in [-0.2, 0) is 4.74 Å². The second-order valence-electron chi connectivity index (χ2n) is 5.64. The average molecular weight is 294 g/mol. The lowest BCUT2D eigenvalue weighted by atomic mass is 10.1. The van der Waals surface area contributed by atoms with Gasteiger partial charge in [-0.3, -0.25) is 4.79 Å². The van der Waals surface area contributed by atoms with Crippen LogP contribution >= 0.6 is 11.3 Å². The summed E-state index contributed by atoms with van der Waals surface area (Å²) in [5, 5.41) is 3.98. The highest BCUT2D eigenvalue weighted by Crippen LogP contribution is 2.44. The van der Waals surface area contributed by atoms with E-state index in [1.807, 2.05) is 0 Å². The molecule has 0 amide bonds. The number of ether oxygens (including phenoxy) is 1. The Balaban J connectivity index is 1.95.